The Bertz CT molecular complexity index is 392. The van der Waals surface area contributed by atoms with Crippen LogP contribution in [0, 0.1) is 0 Å². The van der Waals surface area contributed by atoms with Gasteiger partial charge in [0.1, 0.15) is 0 Å². The molecular formula is C15H28NO3P. The second kappa shape index (κ2) is 8.66. The van der Waals surface area contributed by atoms with Crippen molar-refractivity contribution in [2.24, 2.45) is 0 Å². The van der Waals surface area contributed by atoms with Crippen molar-refractivity contribution in [3.05, 3.63) is 23.3 Å². The maximum Gasteiger partial charge on any atom is 0.359 e. The zero-order chi connectivity index (χ0) is 15.0. The molecule has 1 aliphatic rings. The van der Waals surface area contributed by atoms with Crippen LogP contribution < -0.4 is 0 Å². The third kappa shape index (κ3) is 4.47. The van der Waals surface area contributed by atoms with Gasteiger partial charge in [-0.2, -0.15) is 0 Å². The van der Waals surface area contributed by atoms with E-state index in [1.807, 2.05) is 26.8 Å². The lowest BCUT2D eigenvalue weighted by atomic mass is 10.2. The summed E-state index contributed by atoms with van der Waals surface area (Å²) in [7, 11) is -3.16. The molecule has 0 unspecified atom stereocenters. The minimum Gasteiger partial charge on any atom is -0.351 e. The molecule has 1 aliphatic heterocycles. The molecule has 0 saturated heterocycles. The highest BCUT2D eigenvalue weighted by Crippen LogP contribution is 2.59. The Morgan fingerprint density at radius 2 is 1.75 bits per heavy atom. The summed E-state index contributed by atoms with van der Waals surface area (Å²) in [5.41, 5.74) is 1.02. The summed E-state index contributed by atoms with van der Waals surface area (Å²) in [5.74, 6) is 0. The summed E-state index contributed by atoms with van der Waals surface area (Å²) in [4.78, 5) is 2.14. The van der Waals surface area contributed by atoms with Crippen molar-refractivity contribution < 1.29 is 13.6 Å². The maximum absolute atomic E-state index is 13.1. The molecule has 0 amide bonds. The van der Waals surface area contributed by atoms with E-state index in [1.165, 1.54) is 0 Å². The molecule has 4 nitrogen and oxygen atoms in total. The predicted molar refractivity (Wildman–Crippen MR) is 83.5 cm³/mol. The molecule has 20 heavy (non-hydrogen) atoms. The van der Waals surface area contributed by atoms with Gasteiger partial charge in [0.15, 0.2) is 0 Å². The molecule has 1 rings (SSSR count). The molecule has 0 aromatic carbocycles. The van der Waals surface area contributed by atoms with Gasteiger partial charge >= 0.3 is 7.60 Å². The largest absolute Gasteiger partial charge is 0.359 e. The first kappa shape index (κ1) is 17.5. The summed E-state index contributed by atoms with van der Waals surface area (Å²) in [6.07, 6.45) is 7.46. The molecule has 5 heteroatoms. The summed E-state index contributed by atoms with van der Waals surface area (Å²) in [6, 6.07) is 0. The highest BCUT2D eigenvalue weighted by atomic mass is 31.2. The van der Waals surface area contributed by atoms with Crippen LogP contribution in [-0.2, 0) is 13.6 Å². The Morgan fingerprint density at radius 1 is 1.15 bits per heavy atom. The van der Waals surface area contributed by atoms with Gasteiger partial charge in [-0.1, -0.05) is 26.8 Å². The smallest absolute Gasteiger partial charge is 0.351 e. The van der Waals surface area contributed by atoms with Gasteiger partial charge in [-0.25, -0.2) is 0 Å². The molecule has 0 aliphatic carbocycles. The SMILES string of the molecule is CCCOP(=O)(OCCC)C1=C(C)N(CCC)C=CC1. The van der Waals surface area contributed by atoms with E-state index in [2.05, 4.69) is 18.0 Å². The lowest BCUT2D eigenvalue weighted by Gasteiger charge is -2.30. The van der Waals surface area contributed by atoms with E-state index in [4.69, 9.17) is 9.05 Å². The third-order valence-electron chi connectivity index (χ3n) is 3.17. The molecule has 0 spiro atoms. The van der Waals surface area contributed by atoms with Crippen molar-refractivity contribution >= 4 is 7.60 Å². The molecule has 0 aromatic rings. The van der Waals surface area contributed by atoms with Crippen LogP contribution in [0.5, 0.6) is 0 Å². The van der Waals surface area contributed by atoms with Crippen LogP contribution in [0.3, 0.4) is 0 Å². The Kier molecular flexibility index (Phi) is 7.57. The van der Waals surface area contributed by atoms with Gasteiger partial charge in [-0.15, -0.1) is 0 Å². The fourth-order valence-electron chi connectivity index (χ4n) is 2.13. The quantitative estimate of drug-likeness (QED) is 0.568. The number of hydrogen-bond donors (Lipinski definition) is 0. The third-order valence-corrected chi connectivity index (χ3v) is 5.38. The zero-order valence-electron chi connectivity index (χ0n) is 13.2. The average molecular weight is 301 g/mol. The first-order valence-corrected chi connectivity index (χ1v) is 9.16. The van der Waals surface area contributed by atoms with E-state index in [1.54, 1.807) is 0 Å². The van der Waals surface area contributed by atoms with Gasteiger partial charge in [0.2, 0.25) is 0 Å². The van der Waals surface area contributed by atoms with E-state index in [0.717, 1.165) is 36.8 Å². The molecule has 0 fully saturated rings. The van der Waals surface area contributed by atoms with E-state index in [0.29, 0.717) is 19.6 Å². The first-order valence-electron chi connectivity index (χ1n) is 7.61. The minimum atomic E-state index is -3.16. The van der Waals surface area contributed by atoms with Crippen LogP contribution >= 0.6 is 7.60 Å². The highest BCUT2D eigenvalue weighted by molar-refractivity contribution is 7.58. The van der Waals surface area contributed by atoms with Gasteiger partial charge in [0.05, 0.1) is 18.5 Å². The van der Waals surface area contributed by atoms with Crippen molar-refractivity contribution in [2.75, 3.05) is 19.8 Å². The molecular weight excluding hydrogens is 273 g/mol. The molecule has 0 bridgehead atoms. The Morgan fingerprint density at radius 3 is 2.25 bits per heavy atom. The van der Waals surface area contributed by atoms with E-state index < -0.39 is 7.60 Å². The number of hydrogen-bond acceptors (Lipinski definition) is 4. The van der Waals surface area contributed by atoms with Crippen molar-refractivity contribution in [3.63, 3.8) is 0 Å². The average Bonchev–Trinajstić information content (AvgIpc) is 2.45. The molecule has 1 heterocycles. The number of allylic oxidation sites excluding steroid dienone is 3. The van der Waals surface area contributed by atoms with E-state index >= 15 is 0 Å². The zero-order valence-corrected chi connectivity index (χ0v) is 14.1. The lowest BCUT2D eigenvalue weighted by molar-refractivity contribution is 0.208. The highest BCUT2D eigenvalue weighted by Gasteiger charge is 2.33. The maximum atomic E-state index is 13.1. The lowest BCUT2D eigenvalue weighted by Crippen LogP contribution is -2.20. The predicted octanol–water partition coefficient (Wildman–Crippen LogP) is 4.89. The van der Waals surface area contributed by atoms with Crippen molar-refractivity contribution in [3.8, 4) is 0 Å². The normalized spacial score (nSPS) is 16.1. The van der Waals surface area contributed by atoms with E-state index in [9.17, 15) is 4.57 Å². The minimum absolute atomic E-state index is 0.468. The first-order chi connectivity index (χ1) is 9.59. The summed E-state index contributed by atoms with van der Waals surface area (Å²) < 4.78 is 24.3. The van der Waals surface area contributed by atoms with Crippen LogP contribution in [0.1, 0.15) is 53.4 Å². The van der Waals surface area contributed by atoms with Crippen LogP contribution in [0.2, 0.25) is 0 Å². The van der Waals surface area contributed by atoms with Gasteiger partial charge in [0, 0.05) is 24.9 Å². The van der Waals surface area contributed by atoms with Crippen molar-refractivity contribution in [1.82, 2.24) is 4.90 Å². The summed E-state index contributed by atoms with van der Waals surface area (Å²) in [5, 5.41) is 0.815. The van der Waals surface area contributed by atoms with Gasteiger partial charge in [0.25, 0.3) is 0 Å². The van der Waals surface area contributed by atoms with Crippen LogP contribution in [0.25, 0.3) is 0 Å². The summed E-state index contributed by atoms with van der Waals surface area (Å²) >= 11 is 0. The van der Waals surface area contributed by atoms with Crippen LogP contribution in [0.4, 0.5) is 0 Å². The van der Waals surface area contributed by atoms with E-state index in [-0.39, 0.29) is 0 Å². The van der Waals surface area contributed by atoms with Gasteiger partial charge in [-0.05, 0) is 26.2 Å². The number of rotatable bonds is 9. The van der Waals surface area contributed by atoms with Crippen LogP contribution in [-0.4, -0.2) is 24.7 Å². The van der Waals surface area contributed by atoms with Crippen LogP contribution in [0.15, 0.2) is 23.3 Å². The van der Waals surface area contributed by atoms with Crippen molar-refractivity contribution in [1.29, 1.82) is 0 Å². The molecule has 0 radical (unpaired) electrons. The molecule has 0 atom stereocenters. The standard InChI is InChI=1S/C15H28NO3P/c1-5-10-16-11-8-9-15(14(16)4)20(17,18-12-6-2)19-13-7-3/h8,11H,5-7,9-10,12-13H2,1-4H3. The fraction of sp³-hybridized carbons (Fsp3) is 0.733. The van der Waals surface area contributed by atoms with Gasteiger partial charge in [-0.3, -0.25) is 4.57 Å². The molecule has 0 aromatic heterocycles. The molecule has 116 valence electrons. The topological polar surface area (TPSA) is 38.8 Å². The summed E-state index contributed by atoms with van der Waals surface area (Å²) in [6.45, 7) is 10.0. The fourth-order valence-corrected chi connectivity index (χ4v) is 4.21. The number of nitrogens with zero attached hydrogens (tertiary/aromatic N) is 1. The second-order valence-corrected chi connectivity index (χ2v) is 7.03. The Balaban J connectivity index is 2.98. The molecule has 0 saturated carbocycles. The Labute approximate surface area is 123 Å². The monoisotopic (exact) mass is 301 g/mol. The van der Waals surface area contributed by atoms with Gasteiger partial charge < -0.3 is 13.9 Å². The molecule has 0 N–H and O–H groups in total. The van der Waals surface area contributed by atoms with Crippen molar-refractivity contribution in [2.45, 2.75) is 53.4 Å². The second-order valence-electron chi connectivity index (χ2n) is 4.98. The Hall–Kier alpha value is -0.570.